The second kappa shape index (κ2) is 32.7. The number of hydrogen-bond acceptors (Lipinski definition) is 13. The number of para-hydroxylation sites is 3. The predicted molar refractivity (Wildman–Crippen MR) is 339 cm³/mol. The van der Waals surface area contributed by atoms with Crippen molar-refractivity contribution in [2.24, 2.45) is 11.7 Å². The number of fused-ring (bicyclic) bond motifs is 1. The van der Waals surface area contributed by atoms with Gasteiger partial charge in [-0.05, 0) is 117 Å². The lowest BCUT2D eigenvalue weighted by Gasteiger charge is -2.38. The lowest BCUT2D eigenvalue weighted by Crippen LogP contribution is -2.44. The maximum atomic E-state index is 12.9. The summed E-state index contributed by atoms with van der Waals surface area (Å²) in [7, 11) is 4.68. The van der Waals surface area contributed by atoms with Crippen molar-refractivity contribution in [1.82, 2.24) is 26.1 Å². The second-order valence-electron chi connectivity index (χ2n) is 21.9. The minimum absolute atomic E-state index is 0.109. The van der Waals surface area contributed by atoms with Crippen molar-refractivity contribution in [2.75, 3.05) is 41.0 Å². The van der Waals surface area contributed by atoms with E-state index in [1.165, 1.54) is 37.6 Å². The molecular formula is C70H80N8O10. The Labute approximate surface area is 515 Å². The van der Waals surface area contributed by atoms with Crippen molar-refractivity contribution >= 4 is 35.2 Å². The van der Waals surface area contributed by atoms with Gasteiger partial charge in [-0.2, -0.15) is 9.94 Å². The lowest BCUT2D eigenvalue weighted by molar-refractivity contribution is -0.121. The van der Waals surface area contributed by atoms with Crippen LogP contribution in [-0.2, 0) is 43.5 Å². The minimum Gasteiger partial charge on any atom is -0.512 e. The quantitative estimate of drug-likeness (QED) is 0.0270. The number of nitrogens with two attached hydrogens (primary N) is 2. The van der Waals surface area contributed by atoms with Crippen LogP contribution in [0.2, 0.25) is 0 Å². The van der Waals surface area contributed by atoms with E-state index in [0.717, 1.165) is 49.1 Å². The Morgan fingerprint density at radius 3 is 1.27 bits per heavy atom. The molecule has 10 rings (SSSR count). The van der Waals surface area contributed by atoms with Crippen LogP contribution in [0.25, 0.3) is 4.85 Å². The normalized spacial score (nSPS) is 17.0. The molecule has 4 amide bonds. The van der Waals surface area contributed by atoms with Gasteiger partial charge in [-0.1, -0.05) is 127 Å². The summed E-state index contributed by atoms with van der Waals surface area (Å²) < 4.78 is 15.9. The summed E-state index contributed by atoms with van der Waals surface area (Å²) in [6, 6.07) is 52.1. The number of aliphatic hydroxyl groups excluding tert-OH is 1. The molecule has 2 unspecified atom stereocenters. The van der Waals surface area contributed by atoms with Gasteiger partial charge in [0.1, 0.15) is 23.0 Å². The number of nitrogens with zero attached hydrogens (tertiary/aromatic N) is 2. The number of nitrogens with one attached hydrogen (secondary N) is 4. The van der Waals surface area contributed by atoms with Crippen molar-refractivity contribution in [1.29, 1.82) is 0 Å². The number of aliphatic hydroxyl groups is 1. The molecule has 460 valence electrons. The fourth-order valence-electron chi connectivity index (χ4n) is 11.6. The van der Waals surface area contributed by atoms with Crippen LogP contribution in [0, 0.1) is 13.5 Å². The van der Waals surface area contributed by atoms with E-state index in [1.807, 2.05) is 91.0 Å². The molecule has 0 bridgehead atoms. The molecule has 18 nitrogen and oxygen atoms in total. The summed E-state index contributed by atoms with van der Waals surface area (Å²) in [5, 5.41) is 27.0. The van der Waals surface area contributed by atoms with Gasteiger partial charge in [-0.3, -0.25) is 40.8 Å². The first kappa shape index (κ1) is 67.4. The molecule has 1 aromatic heterocycles. The Balaban J connectivity index is 0.000000200. The highest BCUT2D eigenvalue weighted by Crippen LogP contribution is 2.43. The zero-order valence-corrected chi connectivity index (χ0v) is 51.0. The van der Waals surface area contributed by atoms with E-state index in [2.05, 4.69) is 86.0 Å². The Morgan fingerprint density at radius 1 is 0.545 bits per heavy atom. The van der Waals surface area contributed by atoms with E-state index in [1.54, 1.807) is 50.6 Å². The average Bonchev–Trinajstić information content (AvgIpc) is 1.94. The van der Waals surface area contributed by atoms with Crippen LogP contribution >= 0.6 is 0 Å². The topological polar surface area (TPSA) is 272 Å². The van der Waals surface area contributed by atoms with Gasteiger partial charge in [0.15, 0.2) is 5.78 Å². The van der Waals surface area contributed by atoms with E-state index in [9.17, 15) is 33.9 Å². The van der Waals surface area contributed by atoms with Crippen molar-refractivity contribution in [3.05, 3.63) is 237 Å². The third-order valence-electron chi connectivity index (χ3n) is 16.5. The highest BCUT2D eigenvalue weighted by atomic mass is 16.5. The van der Waals surface area contributed by atoms with Crippen molar-refractivity contribution in [2.45, 2.75) is 101 Å². The summed E-state index contributed by atoms with van der Waals surface area (Å²) in [4.78, 5) is 74.1. The van der Waals surface area contributed by atoms with E-state index < -0.39 is 11.3 Å². The number of carbonyl (C=O) groups is 6. The van der Waals surface area contributed by atoms with E-state index in [0.29, 0.717) is 97.0 Å². The third kappa shape index (κ3) is 17.3. The minimum atomic E-state index is -0.454. The Morgan fingerprint density at radius 2 is 0.886 bits per heavy atom. The van der Waals surface area contributed by atoms with Crippen molar-refractivity contribution in [3.63, 3.8) is 0 Å². The molecule has 0 aliphatic heterocycles. The van der Waals surface area contributed by atoms with Gasteiger partial charge in [-0.25, -0.2) is 0 Å². The monoisotopic (exact) mass is 1190 g/mol. The van der Waals surface area contributed by atoms with E-state index >= 15 is 0 Å². The second-order valence-corrected chi connectivity index (χ2v) is 21.9. The number of carbonyl (C=O) groups excluding carboxylic acids is 6. The number of allylic oxidation sites excluding steroid dienone is 2. The number of aromatic nitrogens is 2. The summed E-state index contributed by atoms with van der Waals surface area (Å²) in [5.41, 5.74) is 8.23. The Kier molecular flexibility index (Phi) is 25.1. The molecule has 7 aromatic rings. The van der Waals surface area contributed by atoms with E-state index in [4.69, 9.17) is 20.8 Å². The number of benzene rings is 6. The highest BCUT2D eigenvalue weighted by Gasteiger charge is 2.41. The number of Topliss-reactive ketones (excluding diaryl/α,β-unsaturated/α-hetero) is 2. The van der Waals surface area contributed by atoms with Crippen molar-refractivity contribution < 1.29 is 48.1 Å². The van der Waals surface area contributed by atoms with Crippen LogP contribution in [0.3, 0.4) is 0 Å². The fraction of sp³-hybridized carbons (Fsp3) is 0.314. The summed E-state index contributed by atoms with van der Waals surface area (Å²) in [6.07, 6.45) is 6.83. The van der Waals surface area contributed by atoms with Gasteiger partial charge in [-0.15, -0.1) is 0 Å². The van der Waals surface area contributed by atoms with Gasteiger partial charge < -0.3 is 40.1 Å². The van der Waals surface area contributed by atoms with Crippen LogP contribution < -0.4 is 41.8 Å². The zero-order valence-electron chi connectivity index (χ0n) is 51.0. The van der Waals surface area contributed by atoms with Gasteiger partial charge >= 0.3 is 5.91 Å². The van der Waals surface area contributed by atoms with Gasteiger partial charge in [0.05, 0.1) is 56.0 Å². The number of hydrogen-bond donors (Lipinski definition) is 7. The first-order chi connectivity index (χ1) is 42.5. The number of rotatable bonds is 16. The number of aromatic amines is 1. The lowest BCUT2D eigenvalue weighted by atomic mass is 9.68. The Hall–Kier alpha value is -9.70. The molecule has 18 heteroatoms. The largest absolute Gasteiger partial charge is 0.512 e. The number of ketones is 2. The number of H-pyrrole nitrogens is 1. The predicted octanol–water partition coefficient (Wildman–Crippen LogP) is 10.3. The molecule has 1 fully saturated rings. The molecule has 6 aromatic carbocycles. The average molecular weight is 1190 g/mol. The highest BCUT2D eigenvalue weighted by molar-refractivity contribution is 5.98. The number of ether oxygens (including phenoxy) is 3. The molecule has 0 radical (unpaired) electrons. The van der Waals surface area contributed by atoms with E-state index in [-0.39, 0.29) is 40.1 Å². The van der Waals surface area contributed by atoms with Gasteiger partial charge in [0, 0.05) is 73.3 Å². The van der Waals surface area contributed by atoms with Crippen LogP contribution in [0.5, 0.6) is 17.2 Å². The molecule has 9 N–H and O–H groups in total. The number of methoxy groups -OCH3 is 3. The third-order valence-corrected chi connectivity index (χ3v) is 16.5. The summed E-state index contributed by atoms with van der Waals surface area (Å²) in [6.45, 7) is 12.1. The zero-order chi connectivity index (χ0) is 63.7. The smallest absolute Gasteiger partial charge is 0.352 e. The molecule has 2 atom stereocenters. The number of hydrazine groups is 1. The Bertz CT molecular complexity index is 3560. The summed E-state index contributed by atoms with van der Waals surface area (Å²) in [5.74, 6) is 9.07. The fourth-order valence-corrected chi connectivity index (χ4v) is 11.6. The molecule has 0 saturated heterocycles. The molecule has 1 heterocycles. The van der Waals surface area contributed by atoms with Crippen molar-refractivity contribution in [3.8, 4) is 17.2 Å². The first-order valence-electron chi connectivity index (χ1n) is 29.1. The maximum absolute atomic E-state index is 12.9. The van der Waals surface area contributed by atoms with Crippen LogP contribution in [0.1, 0.15) is 130 Å². The standard InChI is InChI=1S/C23H25N3O2.C23H25NO4.C21H23NO3.C3H3NO.H4N2/c1-16-19-14-23(13-12-20(19)26-25-16,17-8-4-3-5-9-17)15-24-22(27)18-10-6-7-11-21(18)28-2;1-16(25)19-14-23(13-12-20(19)26,17-8-4-3-5-9-17)15-24-22(27)18-10-6-7-11-21(18)28-2;1-25-19-10-6-5-9-18(19)20(24)22-15-21(13-11-17(23)12-14-21)16-7-3-2-4-8-16;1-3(5)4-2;1-2/h3-11H,12-15H2,1-2H3,(H,24,27)(H,25,26);3-11,26H,12-15H2,1-2H3,(H,24,27);2-10H,11-15H2,1H3,(H,22,24);1H3;1-2H2. The first-order valence-corrected chi connectivity index (χ1v) is 29.1. The molecule has 3 aliphatic carbocycles. The molecule has 3 aliphatic rings. The van der Waals surface area contributed by atoms with Crippen LogP contribution in [0.15, 0.2) is 175 Å². The maximum Gasteiger partial charge on any atom is 0.352 e. The molecular weight excluding hydrogens is 1110 g/mol. The van der Waals surface area contributed by atoms with Gasteiger partial charge in [0.2, 0.25) is 0 Å². The molecule has 0 spiro atoms. The molecule has 88 heavy (non-hydrogen) atoms. The summed E-state index contributed by atoms with van der Waals surface area (Å²) >= 11 is 0. The van der Waals surface area contributed by atoms with Gasteiger partial charge in [0.25, 0.3) is 17.7 Å². The van der Waals surface area contributed by atoms with Crippen LogP contribution in [0.4, 0.5) is 0 Å². The molecule has 1 saturated carbocycles. The number of aryl methyl sites for hydroxylation is 2. The van der Waals surface area contributed by atoms with Crippen LogP contribution in [-0.4, -0.2) is 91.5 Å². The number of amides is 4. The SMILES string of the molecule is COc1ccccc1C(=O)NCC1(c2ccccc2)CCC(=O)CC1.COc1ccccc1C(=O)NCC1(c2ccccc2)CCC(O)=C(C(C)=O)C1.COc1ccccc1C(=O)NCC1(c2ccccc2)CCc2n[nH]c(C)c2C1.NN.[C-]#[N+]C(C)=O.